The maximum Gasteiger partial charge on any atom is 0.519 e. The van der Waals surface area contributed by atoms with Crippen molar-refractivity contribution in [1.82, 2.24) is 59.0 Å². The number of hydrogen-bond donors (Lipinski definition) is 7. The van der Waals surface area contributed by atoms with E-state index in [0.29, 0.717) is 85.1 Å². The molecule has 10 aromatic rings. The number of H-pyrrole nitrogens is 3. The summed E-state index contributed by atoms with van der Waals surface area (Å²) in [5.74, 6) is 1.45. The van der Waals surface area contributed by atoms with E-state index in [1.165, 1.54) is 11.9 Å². The van der Waals surface area contributed by atoms with Crippen LogP contribution in [0.4, 0.5) is 9.59 Å². The Balaban J connectivity index is 0.000000143. The van der Waals surface area contributed by atoms with Gasteiger partial charge in [0.25, 0.3) is 5.56 Å². The van der Waals surface area contributed by atoms with Gasteiger partial charge in [-0.1, -0.05) is 101 Å². The molecule has 2 aromatic carbocycles. The third-order valence-electron chi connectivity index (χ3n) is 23.4. The van der Waals surface area contributed by atoms with Gasteiger partial charge in [-0.15, -0.1) is 0 Å². The van der Waals surface area contributed by atoms with Crippen LogP contribution < -0.4 is 19.8 Å². The Morgan fingerprint density at radius 3 is 1.23 bits per heavy atom. The number of benzene rings is 2. The highest BCUT2D eigenvalue weighted by Gasteiger charge is 2.57. The number of fused-ring (bicyclic) bond motifs is 7. The molecule has 0 radical (unpaired) electrons. The number of hydrogen-bond acceptors (Lipinski definition) is 28. The highest BCUT2D eigenvalue weighted by Crippen LogP contribution is 2.55. The monoisotopic (exact) mass is 1710 g/mol. The summed E-state index contributed by atoms with van der Waals surface area (Å²) in [6.45, 7) is 30.3. The lowest BCUT2D eigenvalue weighted by Crippen LogP contribution is -2.29. The van der Waals surface area contributed by atoms with Crippen LogP contribution >= 0.6 is 0 Å². The van der Waals surface area contributed by atoms with Crippen LogP contribution in [0, 0.1) is 23.7 Å². The van der Waals surface area contributed by atoms with Crippen molar-refractivity contribution in [3.8, 4) is 17.6 Å². The Kier molecular flexibility index (Phi) is 29.6. The molecule has 668 valence electrons. The molecule has 4 aliphatic carbocycles. The minimum Gasteiger partial charge on any atom is -0.479 e. The number of ether oxygens (including phenoxy) is 14. The van der Waals surface area contributed by atoms with Crippen molar-refractivity contribution < 1.29 is 96.3 Å². The van der Waals surface area contributed by atoms with Crippen LogP contribution in [0.1, 0.15) is 206 Å². The number of carbonyl (C=O) groups excluding carboxylic acids is 2. The van der Waals surface area contributed by atoms with Gasteiger partial charge in [0, 0.05) is 90.3 Å². The van der Waals surface area contributed by atoms with E-state index in [1.807, 2.05) is 84.1 Å². The minimum atomic E-state index is -1.06. The second kappa shape index (κ2) is 39.3. The highest BCUT2D eigenvalue weighted by molar-refractivity contribution is 5.86. The van der Waals surface area contributed by atoms with E-state index in [0.717, 1.165) is 101 Å². The molecule has 7 fully saturated rings. The summed E-state index contributed by atoms with van der Waals surface area (Å²) in [7, 11) is 5.90. The second-order valence-electron chi connectivity index (χ2n) is 35.3. The fourth-order valence-electron chi connectivity index (χ4n) is 18.2. The molecular formula is C90H122N12O21. The Labute approximate surface area is 715 Å². The summed E-state index contributed by atoms with van der Waals surface area (Å²) in [5.41, 5.74) is 10.9. The Hall–Kier alpha value is -9.62. The van der Waals surface area contributed by atoms with Crippen molar-refractivity contribution >= 4 is 56.4 Å². The first-order valence-corrected chi connectivity index (χ1v) is 42.2. The van der Waals surface area contributed by atoms with Gasteiger partial charge in [0.2, 0.25) is 17.6 Å². The first kappa shape index (κ1) is 92.6. The molecular weight excluding hydrogens is 1590 g/mol. The lowest BCUT2D eigenvalue weighted by atomic mass is 9.95. The molecule has 0 bridgehead atoms. The van der Waals surface area contributed by atoms with Crippen molar-refractivity contribution in [2.75, 3.05) is 35.0 Å². The van der Waals surface area contributed by atoms with Crippen LogP contribution in [0.15, 0.2) is 116 Å². The topological polar surface area (TPSA) is 409 Å². The maximum atomic E-state index is 11.6. The van der Waals surface area contributed by atoms with Crippen molar-refractivity contribution in [2.24, 2.45) is 23.7 Å². The molecule has 17 rings (SSSR count). The third-order valence-corrected chi connectivity index (χ3v) is 23.4. The van der Waals surface area contributed by atoms with Gasteiger partial charge >= 0.3 is 12.3 Å². The molecule has 8 aromatic heterocycles. The van der Waals surface area contributed by atoms with Crippen molar-refractivity contribution in [3.05, 3.63) is 154 Å². The SMILES string of the molecule is CC(C)(C)OC(=O)OC(=O)OC(C)(C)C.CC[C@H]1C[C@@H](c2c[nH]c3c(OC)ncnc23)[C@@H]2OC(C)(C)O[C@H]12.CC[C@H]1C[C@@H](c2cn(COCc3ccccc3)c3c(OC)ncnc23)[C@@H]2OC(C)(C)O[C@H]12.CC[C@H]1C[C@@H](c2cn(COCc3ccccc3)c3c(OC)ncnc23)[C@@H]2OC(C)(C)O[C@H]12.CO.O=c1[nH]cnc2c([C@@H]3C[C@H](CO)[C@@H](O)[C@H]3O)c[nH]c12. The average Bonchev–Trinajstić information content (AvgIpc) is 1.59. The van der Waals surface area contributed by atoms with Crippen LogP contribution in [0.3, 0.4) is 0 Å². The summed E-state index contributed by atoms with van der Waals surface area (Å²) in [4.78, 5) is 73.0. The smallest absolute Gasteiger partial charge is 0.479 e. The van der Waals surface area contributed by atoms with E-state index < -0.39 is 53.1 Å². The number of methoxy groups -OCH3 is 3. The van der Waals surface area contributed by atoms with E-state index in [2.05, 4.69) is 121 Å². The summed E-state index contributed by atoms with van der Waals surface area (Å²) in [6, 6.07) is 20.3. The van der Waals surface area contributed by atoms with Crippen LogP contribution in [0.2, 0.25) is 0 Å². The number of aromatic nitrogens is 12. The van der Waals surface area contributed by atoms with E-state index in [9.17, 15) is 29.7 Å². The summed E-state index contributed by atoms with van der Waals surface area (Å²) >= 11 is 0. The molecule has 7 N–H and O–H groups in total. The summed E-state index contributed by atoms with van der Waals surface area (Å²) in [6.07, 6.45) is 17.1. The molecule has 3 saturated heterocycles. The molecule has 4 saturated carbocycles. The van der Waals surface area contributed by atoms with Gasteiger partial charge in [-0.05, 0) is 138 Å². The normalized spacial score (nSPS) is 26.1. The number of carbonyl (C=O) groups is 2. The predicted molar refractivity (Wildman–Crippen MR) is 454 cm³/mol. The van der Waals surface area contributed by atoms with Crippen LogP contribution in [0.25, 0.3) is 44.1 Å². The fraction of sp³-hybridized carbons (Fsp3) is 0.578. The number of nitrogens with zero attached hydrogens (tertiary/aromatic N) is 9. The predicted octanol–water partition coefficient (Wildman–Crippen LogP) is 13.8. The summed E-state index contributed by atoms with van der Waals surface area (Å²) in [5, 5.41) is 36.1. The average molecular weight is 1710 g/mol. The molecule has 0 unspecified atom stereocenters. The second-order valence-corrected chi connectivity index (χ2v) is 35.3. The Bertz CT molecular complexity index is 5010. The standard InChI is InChI=1S/2C25H31N3O4.C17H23N3O3.C12H15N3O4.C10H18O5.CH4O/c2*1-5-17-11-18(23-22(17)31-25(2,3)32-23)19-12-28(15-30-13-16-9-7-6-8-10-16)21-20(19)26-14-27-24(21)29-4;1-5-9-6-10(15-14(9)22-17(2,3)23-15)11-7-18-13-12(11)19-8-20-16(13)21-4;16-3-5-1-6(11(18)10(5)17)7-2-13-9-8(7)14-4-15-12(9)19;1-9(2,3)14-7(11)13-8(12)15-10(4,5)6;1-2/h2*6-10,12,14,17-18,22-23H,5,11,13,15H2,1-4H3;7-10,14-15,18H,5-6H2,1-4H3;2,4-6,10-11,13,16-18H,1,3H2,(H,14,15,19);1-6H3;2H,1H3/t2*17-,18-,22+,23-;9-,10-,14+,15-;5-,6+,10-,11+;;/m0001../s1. The first-order chi connectivity index (χ1) is 58.7. The van der Waals surface area contributed by atoms with Gasteiger partial charge in [-0.25, -0.2) is 29.5 Å². The minimum absolute atomic E-state index is 0.0141. The van der Waals surface area contributed by atoms with E-state index in [4.69, 9.17) is 66.7 Å². The summed E-state index contributed by atoms with van der Waals surface area (Å²) < 4.78 is 84.3. The van der Waals surface area contributed by atoms with Gasteiger partial charge in [0.05, 0.1) is 112 Å². The molecule has 0 amide bonds. The van der Waals surface area contributed by atoms with Gasteiger partial charge in [-0.2, -0.15) is 15.0 Å². The van der Waals surface area contributed by atoms with Crippen LogP contribution in [-0.2, 0) is 78.8 Å². The molecule has 33 nitrogen and oxygen atoms in total. The Morgan fingerprint density at radius 1 is 0.472 bits per heavy atom. The van der Waals surface area contributed by atoms with E-state index in [-0.39, 0.29) is 78.4 Å². The molecule has 3 aliphatic heterocycles. The third kappa shape index (κ3) is 21.2. The molecule has 123 heavy (non-hydrogen) atoms. The number of rotatable bonds is 19. The molecule has 7 aliphatic rings. The lowest BCUT2D eigenvalue weighted by Gasteiger charge is -2.23. The van der Waals surface area contributed by atoms with Gasteiger partial charge < -0.3 is 111 Å². The zero-order valence-corrected chi connectivity index (χ0v) is 73.9. The van der Waals surface area contributed by atoms with Crippen LogP contribution in [0.5, 0.6) is 17.6 Å². The quantitative estimate of drug-likeness (QED) is 0.0292. The maximum absolute atomic E-state index is 11.6. The van der Waals surface area contributed by atoms with Crippen LogP contribution in [-0.4, -0.2) is 204 Å². The zero-order chi connectivity index (χ0) is 88.6. The zero-order valence-electron chi connectivity index (χ0n) is 73.9. The number of aliphatic hydroxyl groups excluding tert-OH is 4. The van der Waals surface area contributed by atoms with Crippen molar-refractivity contribution in [3.63, 3.8) is 0 Å². The Morgan fingerprint density at radius 2 is 0.837 bits per heavy atom. The number of aromatic amines is 3. The fourth-order valence-corrected chi connectivity index (χ4v) is 18.2. The van der Waals surface area contributed by atoms with Gasteiger partial charge in [-0.3, -0.25) is 4.79 Å². The van der Waals surface area contributed by atoms with Gasteiger partial charge in [0.1, 0.15) is 65.7 Å². The molecule has 0 spiro atoms. The molecule has 11 heterocycles. The van der Waals surface area contributed by atoms with Crippen molar-refractivity contribution in [1.29, 1.82) is 0 Å². The first-order valence-electron chi connectivity index (χ1n) is 42.2. The molecule has 16 atom stereocenters. The molecule has 33 heteroatoms. The highest BCUT2D eigenvalue weighted by atomic mass is 16.8. The van der Waals surface area contributed by atoms with Gasteiger partial charge in [0.15, 0.2) is 17.4 Å². The van der Waals surface area contributed by atoms with E-state index >= 15 is 0 Å². The van der Waals surface area contributed by atoms with Crippen molar-refractivity contribution in [2.45, 2.75) is 277 Å². The number of nitrogens with one attached hydrogen (secondary N) is 3. The van der Waals surface area contributed by atoms with E-state index in [1.54, 1.807) is 88.1 Å². The lowest BCUT2D eigenvalue weighted by molar-refractivity contribution is -0.158. The number of aliphatic hydroxyl groups is 4. The largest absolute Gasteiger partial charge is 0.519 e.